The van der Waals surface area contributed by atoms with Crippen LogP contribution < -0.4 is 10.1 Å². The van der Waals surface area contributed by atoms with E-state index in [1.54, 1.807) is 10.9 Å². The molecule has 0 atom stereocenters. The summed E-state index contributed by atoms with van der Waals surface area (Å²) in [6, 6.07) is 0.422. The molecule has 0 aliphatic heterocycles. The van der Waals surface area contributed by atoms with E-state index >= 15 is 0 Å². The van der Waals surface area contributed by atoms with Crippen molar-refractivity contribution in [3.8, 4) is 11.6 Å². The second-order valence-corrected chi connectivity index (χ2v) is 5.16. The van der Waals surface area contributed by atoms with Crippen LogP contribution in [0.15, 0.2) is 12.4 Å². The Morgan fingerprint density at radius 1 is 1.40 bits per heavy atom. The largest absolute Gasteiger partial charge is 0.436 e. The summed E-state index contributed by atoms with van der Waals surface area (Å²) in [5.74, 6) is 1.51. The van der Waals surface area contributed by atoms with Gasteiger partial charge in [-0.3, -0.25) is 4.68 Å². The molecule has 20 heavy (non-hydrogen) atoms. The molecular weight excluding hydrogens is 254 g/mol. The summed E-state index contributed by atoms with van der Waals surface area (Å²) in [4.78, 5) is 0. The maximum atomic E-state index is 5.95. The summed E-state index contributed by atoms with van der Waals surface area (Å²) in [5.41, 5.74) is 2.07. The van der Waals surface area contributed by atoms with Crippen LogP contribution in [0, 0.1) is 6.92 Å². The maximum absolute atomic E-state index is 5.95. The topological polar surface area (TPSA) is 56.9 Å². The highest BCUT2D eigenvalue weighted by Crippen LogP contribution is 2.26. The zero-order valence-corrected chi connectivity index (χ0v) is 12.8. The van der Waals surface area contributed by atoms with Crippen molar-refractivity contribution in [3.63, 3.8) is 0 Å². The smallest absolute Gasteiger partial charge is 0.222 e. The molecule has 0 saturated heterocycles. The zero-order chi connectivity index (χ0) is 14.7. The van der Waals surface area contributed by atoms with Crippen LogP contribution in [-0.4, -0.2) is 25.6 Å². The number of rotatable bonds is 6. The van der Waals surface area contributed by atoms with Crippen molar-refractivity contribution in [1.29, 1.82) is 0 Å². The highest BCUT2D eigenvalue weighted by atomic mass is 16.5. The molecule has 2 rings (SSSR count). The Morgan fingerprint density at radius 3 is 2.75 bits per heavy atom. The predicted molar refractivity (Wildman–Crippen MR) is 77.9 cm³/mol. The normalized spacial score (nSPS) is 11.3. The summed E-state index contributed by atoms with van der Waals surface area (Å²) >= 11 is 0. The molecule has 2 heterocycles. The van der Waals surface area contributed by atoms with Gasteiger partial charge in [0.05, 0.1) is 23.7 Å². The number of aryl methyl sites for hydroxylation is 3. The first-order chi connectivity index (χ1) is 9.51. The van der Waals surface area contributed by atoms with Crippen molar-refractivity contribution in [1.82, 2.24) is 24.9 Å². The van der Waals surface area contributed by atoms with Gasteiger partial charge in [0, 0.05) is 26.2 Å². The van der Waals surface area contributed by atoms with Gasteiger partial charge in [-0.15, -0.1) is 0 Å². The molecule has 0 amide bonds. The second kappa shape index (κ2) is 6.09. The van der Waals surface area contributed by atoms with Crippen molar-refractivity contribution in [2.45, 2.75) is 46.8 Å². The lowest BCUT2D eigenvalue weighted by molar-refractivity contribution is 0.421. The highest BCUT2D eigenvalue weighted by Gasteiger charge is 2.16. The lowest BCUT2D eigenvalue weighted by atomic mass is 10.2. The summed E-state index contributed by atoms with van der Waals surface area (Å²) in [6.07, 6.45) is 3.62. The molecule has 0 fully saturated rings. The Hall–Kier alpha value is -1.82. The lowest BCUT2D eigenvalue weighted by Crippen LogP contribution is -2.22. The van der Waals surface area contributed by atoms with Crippen LogP contribution in [0.25, 0.3) is 0 Å². The third-order valence-corrected chi connectivity index (χ3v) is 3.12. The van der Waals surface area contributed by atoms with Gasteiger partial charge in [-0.1, -0.05) is 13.8 Å². The van der Waals surface area contributed by atoms with E-state index in [-0.39, 0.29) is 0 Å². The van der Waals surface area contributed by atoms with Crippen LogP contribution in [0.5, 0.6) is 11.6 Å². The monoisotopic (exact) mass is 277 g/mol. The molecule has 0 unspecified atom stereocenters. The third kappa shape index (κ3) is 3.19. The number of nitrogens with zero attached hydrogens (tertiary/aromatic N) is 4. The predicted octanol–water partition coefficient (Wildman–Crippen LogP) is 2.24. The minimum atomic E-state index is 0.422. The number of nitrogens with one attached hydrogen (secondary N) is 1. The molecule has 0 bridgehead atoms. The SMILES string of the molecule is CCn1cc(Oc2c(CNC(C)C)c(C)nn2C)cn1. The second-order valence-electron chi connectivity index (χ2n) is 5.16. The van der Waals surface area contributed by atoms with Gasteiger partial charge in [0.2, 0.25) is 5.88 Å². The van der Waals surface area contributed by atoms with Gasteiger partial charge in [0.1, 0.15) is 0 Å². The van der Waals surface area contributed by atoms with E-state index in [1.165, 1.54) is 0 Å². The summed E-state index contributed by atoms with van der Waals surface area (Å²) < 4.78 is 9.56. The van der Waals surface area contributed by atoms with Gasteiger partial charge >= 0.3 is 0 Å². The van der Waals surface area contributed by atoms with Crippen LogP contribution in [0.3, 0.4) is 0 Å². The highest BCUT2D eigenvalue weighted by molar-refractivity contribution is 5.34. The Balaban J connectivity index is 2.21. The first-order valence-electron chi connectivity index (χ1n) is 6.97. The maximum Gasteiger partial charge on any atom is 0.222 e. The molecule has 0 saturated carbocycles. The number of ether oxygens (including phenoxy) is 1. The van der Waals surface area contributed by atoms with Gasteiger partial charge in [-0.05, 0) is 13.8 Å². The van der Waals surface area contributed by atoms with Gasteiger partial charge in [-0.25, -0.2) is 4.68 Å². The molecule has 0 aliphatic rings. The summed E-state index contributed by atoms with van der Waals surface area (Å²) in [7, 11) is 1.89. The van der Waals surface area contributed by atoms with Crippen LogP contribution in [0.2, 0.25) is 0 Å². The van der Waals surface area contributed by atoms with Gasteiger partial charge in [-0.2, -0.15) is 10.2 Å². The fourth-order valence-electron chi connectivity index (χ4n) is 2.00. The van der Waals surface area contributed by atoms with Crippen LogP contribution >= 0.6 is 0 Å². The molecule has 110 valence electrons. The zero-order valence-electron chi connectivity index (χ0n) is 12.8. The number of aromatic nitrogens is 4. The summed E-state index contributed by atoms with van der Waals surface area (Å²) in [6.45, 7) is 9.86. The van der Waals surface area contributed by atoms with Crippen molar-refractivity contribution < 1.29 is 4.74 Å². The third-order valence-electron chi connectivity index (χ3n) is 3.12. The van der Waals surface area contributed by atoms with E-state index in [2.05, 4.69) is 29.4 Å². The molecule has 0 spiro atoms. The fraction of sp³-hybridized carbons (Fsp3) is 0.571. The average molecular weight is 277 g/mol. The van der Waals surface area contributed by atoms with Crippen LogP contribution in [-0.2, 0) is 20.1 Å². The van der Waals surface area contributed by atoms with Gasteiger partial charge in [0.25, 0.3) is 0 Å². The van der Waals surface area contributed by atoms with E-state index in [9.17, 15) is 0 Å². The van der Waals surface area contributed by atoms with Crippen LogP contribution in [0.1, 0.15) is 32.0 Å². The molecule has 2 aromatic rings. The van der Waals surface area contributed by atoms with Crippen LogP contribution in [0.4, 0.5) is 0 Å². The molecule has 0 aromatic carbocycles. The van der Waals surface area contributed by atoms with E-state index in [0.29, 0.717) is 6.04 Å². The average Bonchev–Trinajstić information content (AvgIpc) is 2.94. The molecular formula is C14H23N5O. The van der Waals surface area contributed by atoms with Crippen molar-refractivity contribution in [2.75, 3.05) is 0 Å². The Morgan fingerprint density at radius 2 is 2.15 bits per heavy atom. The Kier molecular flexibility index (Phi) is 4.44. The van der Waals surface area contributed by atoms with E-state index < -0.39 is 0 Å². The molecule has 2 aromatic heterocycles. The first-order valence-corrected chi connectivity index (χ1v) is 6.97. The standard InChI is InChI=1S/C14H23N5O/c1-6-19-9-12(7-16-19)20-14-13(8-15-10(2)3)11(4)17-18(14)5/h7,9-10,15H,6,8H2,1-5H3. The van der Waals surface area contributed by atoms with E-state index in [0.717, 1.165) is 36.0 Å². The lowest BCUT2D eigenvalue weighted by Gasteiger charge is -2.10. The quantitative estimate of drug-likeness (QED) is 0.879. The fourth-order valence-corrected chi connectivity index (χ4v) is 2.00. The molecule has 0 aliphatic carbocycles. The molecule has 6 nitrogen and oxygen atoms in total. The molecule has 1 N–H and O–H groups in total. The Bertz CT molecular complexity index is 570. The van der Waals surface area contributed by atoms with Gasteiger partial charge in [0.15, 0.2) is 5.75 Å². The van der Waals surface area contributed by atoms with Crippen molar-refractivity contribution in [2.24, 2.45) is 7.05 Å². The van der Waals surface area contributed by atoms with Gasteiger partial charge < -0.3 is 10.1 Å². The number of hydrogen-bond acceptors (Lipinski definition) is 4. The first kappa shape index (κ1) is 14.6. The number of hydrogen-bond donors (Lipinski definition) is 1. The van der Waals surface area contributed by atoms with Crippen molar-refractivity contribution >= 4 is 0 Å². The molecule has 6 heteroatoms. The van der Waals surface area contributed by atoms with E-state index in [1.807, 2.05) is 31.8 Å². The summed E-state index contributed by atoms with van der Waals surface area (Å²) in [5, 5.41) is 12.1. The minimum Gasteiger partial charge on any atom is -0.436 e. The molecule has 0 radical (unpaired) electrons. The minimum absolute atomic E-state index is 0.422. The van der Waals surface area contributed by atoms with Crippen molar-refractivity contribution in [3.05, 3.63) is 23.7 Å². The van der Waals surface area contributed by atoms with E-state index in [4.69, 9.17) is 4.74 Å². The Labute approximate surface area is 119 Å².